The molecule has 0 saturated heterocycles. The first-order valence-electron chi connectivity index (χ1n) is 7.29. The minimum Gasteiger partial charge on any atom is -0.493 e. The number of hydrogen-bond donors (Lipinski definition) is 3. The number of methoxy groups -OCH3 is 2. The standard InChI is InChI=1S/C17H15N3O5/c1-24-13-7-11-12(8-14(13)25-2)19-15(18-11)16(21)20-10-6-4-3-5-9(10)17(22)23/h3-8H,1-2H3,(H,18,19)(H,20,21)(H,22,23). The van der Waals surface area contributed by atoms with Gasteiger partial charge in [-0.15, -0.1) is 0 Å². The molecule has 0 aliphatic carbocycles. The number of ether oxygens (including phenoxy) is 2. The van der Waals surface area contributed by atoms with Crippen molar-refractivity contribution in [3.63, 3.8) is 0 Å². The third kappa shape index (κ3) is 3.09. The molecule has 2 aromatic carbocycles. The number of para-hydroxylation sites is 1. The molecule has 1 amide bonds. The second-order valence-electron chi connectivity index (χ2n) is 5.11. The topological polar surface area (TPSA) is 114 Å². The summed E-state index contributed by atoms with van der Waals surface area (Å²) in [6.07, 6.45) is 0. The van der Waals surface area contributed by atoms with E-state index >= 15 is 0 Å². The van der Waals surface area contributed by atoms with Gasteiger partial charge in [-0.2, -0.15) is 0 Å². The Labute approximate surface area is 142 Å². The molecule has 0 aliphatic rings. The fourth-order valence-corrected chi connectivity index (χ4v) is 2.40. The number of carboxylic acids is 1. The van der Waals surface area contributed by atoms with E-state index in [2.05, 4.69) is 15.3 Å². The average molecular weight is 341 g/mol. The molecule has 3 N–H and O–H groups in total. The number of fused-ring (bicyclic) bond motifs is 1. The van der Waals surface area contributed by atoms with E-state index in [4.69, 9.17) is 9.47 Å². The van der Waals surface area contributed by atoms with Gasteiger partial charge in [0, 0.05) is 12.1 Å². The largest absolute Gasteiger partial charge is 0.493 e. The minimum absolute atomic E-state index is 0.00435. The second-order valence-corrected chi connectivity index (χ2v) is 5.11. The average Bonchev–Trinajstić information content (AvgIpc) is 3.03. The molecule has 0 unspecified atom stereocenters. The predicted molar refractivity (Wildman–Crippen MR) is 90.6 cm³/mol. The van der Waals surface area contributed by atoms with Crippen LogP contribution in [-0.2, 0) is 0 Å². The van der Waals surface area contributed by atoms with Crippen LogP contribution in [0.15, 0.2) is 36.4 Å². The van der Waals surface area contributed by atoms with Gasteiger partial charge in [-0.3, -0.25) is 4.79 Å². The Morgan fingerprint density at radius 1 is 1.12 bits per heavy atom. The summed E-state index contributed by atoms with van der Waals surface area (Å²) in [6.45, 7) is 0. The number of aromatic carboxylic acids is 1. The summed E-state index contributed by atoms with van der Waals surface area (Å²) >= 11 is 0. The number of aromatic amines is 1. The summed E-state index contributed by atoms with van der Waals surface area (Å²) in [7, 11) is 3.02. The highest BCUT2D eigenvalue weighted by Crippen LogP contribution is 2.31. The maximum absolute atomic E-state index is 12.4. The summed E-state index contributed by atoms with van der Waals surface area (Å²) in [6, 6.07) is 9.45. The minimum atomic E-state index is -1.13. The van der Waals surface area contributed by atoms with Crippen LogP contribution >= 0.6 is 0 Å². The lowest BCUT2D eigenvalue weighted by molar-refractivity contribution is 0.0698. The van der Waals surface area contributed by atoms with Gasteiger partial charge in [-0.1, -0.05) is 12.1 Å². The number of carboxylic acid groups (broad SMARTS) is 1. The molecule has 128 valence electrons. The molecular weight excluding hydrogens is 326 g/mol. The third-order valence-electron chi connectivity index (χ3n) is 3.61. The molecule has 0 spiro atoms. The number of nitrogens with zero attached hydrogens (tertiary/aromatic N) is 1. The molecular formula is C17H15N3O5. The van der Waals surface area contributed by atoms with Crippen LogP contribution in [0.5, 0.6) is 11.5 Å². The summed E-state index contributed by atoms with van der Waals surface area (Å²) in [5.41, 5.74) is 1.30. The van der Waals surface area contributed by atoms with Crippen molar-refractivity contribution in [3.8, 4) is 11.5 Å². The lowest BCUT2D eigenvalue weighted by Gasteiger charge is -2.06. The molecule has 0 saturated carbocycles. The van der Waals surface area contributed by atoms with Gasteiger partial charge in [0.2, 0.25) is 0 Å². The number of anilines is 1. The highest BCUT2D eigenvalue weighted by molar-refractivity contribution is 6.07. The first-order valence-corrected chi connectivity index (χ1v) is 7.29. The van der Waals surface area contributed by atoms with Crippen LogP contribution in [0.1, 0.15) is 21.0 Å². The van der Waals surface area contributed by atoms with Gasteiger partial charge in [0.15, 0.2) is 17.3 Å². The summed E-state index contributed by atoms with van der Waals surface area (Å²) < 4.78 is 10.4. The smallest absolute Gasteiger partial charge is 0.337 e. The van der Waals surface area contributed by atoms with Crippen LogP contribution in [0, 0.1) is 0 Å². The van der Waals surface area contributed by atoms with Gasteiger partial charge >= 0.3 is 5.97 Å². The zero-order chi connectivity index (χ0) is 18.0. The SMILES string of the molecule is COc1cc2nc(C(=O)Nc3ccccc3C(=O)O)[nH]c2cc1OC. The van der Waals surface area contributed by atoms with Crippen molar-refractivity contribution >= 4 is 28.6 Å². The van der Waals surface area contributed by atoms with Gasteiger partial charge in [0.25, 0.3) is 5.91 Å². The number of hydrogen-bond acceptors (Lipinski definition) is 5. The first-order chi connectivity index (χ1) is 12.0. The molecule has 1 aromatic heterocycles. The van der Waals surface area contributed by atoms with E-state index < -0.39 is 11.9 Å². The van der Waals surface area contributed by atoms with Gasteiger partial charge < -0.3 is 24.9 Å². The van der Waals surface area contributed by atoms with Crippen molar-refractivity contribution in [2.24, 2.45) is 0 Å². The Bertz CT molecular complexity index is 923. The third-order valence-corrected chi connectivity index (χ3v) is 3.61. The molecule has 25 heavy (non-hydrogen) atoms. The van der Waals surface area contributed by atoms with Crippen molar-refractivity contribution in [1.29, 1.82) is 0 Å². The maximum Gasteiger partial charge on any atom is 0.337 e. The predicted octanol–water partition coefficient (Wildman–Crippen LogP) is 2.53. The Morgan fingerprint density at radius 2 is 1.80 bits per heavy atom. The number of amides is 1. The molecule has 0 bridgehead atoms. The van der Waals surface area contributed by atoms with Crippen molar-refractivity contribution in [2.45, 2.75) is 0 Å². The fraction of sp³-hybridized carbons (Fsp3) is 0.118. The summed E-state index contributed by atoms with van der Waals surface area (Å²) in [4.78, 5) is 30.7. The molecule has 1 heterocycles. The van der Waals surface area contributed by atoms with Crippen molar-refractivity contribution in [3.05, 3.63) is 47.8 Å². The normalized spacial score (nSPS) is 10.5. The Hall–Kier alpha value is -3.55. The highest BCUT2D eigenvalue weighted by atomic mass is 16.5. The summed E-state index contributed by atoms with van der Waals surface area (Å²) in [5, 5.41) is 11.7. The highest BCUT2D eigenvalue weighted by Gasteiger charge is 2.17. The number of aromatic nitrogens is 2. The van der Waals surface area contributed by atoms with Crippen LogP contribution < -0.4 is 14.8 Å². The van der Waals surface area contributed by atoms with Crippen LogP contribution in [0.4, 0.5) is 5.69 Å². The molecule has 0 aliphatic heterocycles. The maximum atomic E-state index is 12.4. The number of carbonyl (C=O) groups is 2. The molecule has 3 aromatic rings. The number of benzene rings is 2. The van der Waals surface area contributed by atoms with Gasteiger partial charge in [0.05, 0.1) is 36.5 Å². The lowest BCUT2D eigenvalue weighted by atomic mass is 10.2. The molecule has 0 fully saturated rings. The Balaban J connectivity index is 1.94. The summed E-state index contributed by atoms with van der Waals surface area (Å²) in [5.74, 6) is -0.644. The second kappa shape index (κ2) is 6.52. The van der Waals surface area contributed by atoms with Crippen LogP contribution in [0.3, 0.4) is 0 Å². The van der Waals surface area contributed by atoms with E-state index in [9.17, 15) is 14.7 Å². The monoisotopic (exact) mass is 341 g/mol. The van der Waals surface area contributed by atoms with Crippen LogP contribution in [0.2, 0.25) is 0 Å². The van der Waals surface area contributed by atoms with E-state index in [1.807, 2.05) is 0 Å². The number of nitrogens with one attached hydrogen (secondary N) is 2. The van der Waals surface area contributed by atoms with E-state index in [1.165, 1.54) is 26.4 Å². The number of H-pyrrole nitrogens is 1. The van der Waals surface area contributed by atoms with Crippen molar-refractivity contribution in [1.82, 2.24) is 9.97 Å². The van der Waals surface area contributed by atoms with E-state index in [-0.39, 0.29) is 17.1 Å². The van der Waals surface area contributed by atoms with Crippen LogP contribution in [-0.4, -0.2) is 41.2 Å². The number of carbonyl (C=O) groups excluding carboxylic acids is 1. The first kappa shape index (κ1) is 16.3. The number of imidazole rings is 1. The quantitative estimate of drug-likeness (QED) is 0.657. The zero-order valence-electron chi connectivity index (χ0n) is 13.5. The number of rotatable bonds is 5. The van der Waals surface area contributed by atoms with Crippen molar-refractivity contribution in [2.75, 3.05) is 19.5 Å². The van der Waals surface area contributed by atoms with Crippen molar-refractivity contribution < 1.29 is 24.2 Å². The van der Waals surface area contributed by atoms with E-state index in [0.29, 0.717) is 22.5 Å². The van der Waals surface area contributed by atoms with Gasteiger partial charge in [-0.05, 0) is 12.1 Å². The Kier molecular flexibility index (Phi) is 4.25. The molecule has 0 atom stereocenters. The van der Waals surface area contributed by atoms with Gasteiger partial charge in [-0.25, -0.2) is 9.78 Å². The molecule has 0 radical (unpaired) electrons. The Morgan fingerprint density at radius 3 is 2.48 bits per heavy atom. The van der Waals surface area contributed by atoms with Crippen LogP contribution in [0.25, 0.3) is 11.0 Å². The van der Waals surface area contributed by atoms with E-state index in [1.54, 1.807) is 24.3 Å². The molecule has 8 heteroatoms. The fourth-order valence-electron chi connectivity index (χ4n) is 2.40. The zero-order valence-corrected chi connectivity index (χ0v) is 13.5. The molecule has 3 rings (SSSR count). The molecule has 8 nitrogen and oxygen atoms in total. The van der Waals surface area contributed by atoms with E-state index in [0.717, 1.165) is 0 Å². The van der Waals surface area contributed by atoms with Gasteiger partial charge in [0.1, 0.15) is 0 Å². The lowest BCUT2D eigenvalue weighted by Crippen LogP contribution is -2.16.